The Labute approximate surface area is 88.9 Å². The van der Waals surface area contributed by atoms with Crippen LogP contribution in [0.25, 0.3) is 0 Å². The third-order valence-corrected chi connectivity index (χ3v) is 2.02. The van der Waals surface area contributed by atoms with Crippen molar-refractivity contribution in [3.05, 3.63) is 29.8 Å². The van der Waals surface area contributed by atoms with Crippen molar-refractivity contribution < 1.29 is 14.6 Å². The first-order valence-electron chi connectivity index (χ1n) is 4.70. The van der Waals surface area contributed by atoms with E-state index in [-0.39, 0.29) is 24.3 Å². The number of benzene rings is 1. The number of phenolic OH excluding ortho intramolecular Hbond substituents is 1. The van der Waals surface area contributed by atoms with Crippen LogP contribution < -0.4 is 5.32 Å². The quantitative estimate of drug-likeness (QED) is 0.783. The molecule has 15 heavy (non-hydrogen) atoms. The maximum Gasteiger partial charge on any atom is 0.246 e. The van der Waals surface area contributed by atoms with Crippen LogP contribution in [0.15, 0.2) is 24.3 Å². The van der Waals surface area contributed by atoms with Gasteiger partial charge in [0.05, 0.1) is 6.04 Å². The molecule has 0 radical (unpaired) electrons. The highest BCUT2D eigenvalue weighted by molar-refractivity contribution is 5.77. The number of carbonyl (C=O) groups excluding carboxylic acids is 1. The third-order valence-electron chi connectivity index (χ3n) is 2.02. The topological polar surface area (TPSA) is 58.6 Å². The second kappa shape index (κ2) is 5.36. The molecule has 0 saturated heterocycles. The van der Waals surface area contributed by atoms with Gasteiger partial charge in [-0.1, -0.05) is 12.1 Å². The van der Waals surface area contributed by atoms with E-state index in [0.717, 1.165) is 5.56 Å². The summed E-state index contributed by atoms with van der Waals surface area (Å²) in [4.78, 5) is 11.2. The smallest absolute Gasteiger partial charge is 0.246 e. The third kappa shape index (κ3) is 3.59. The van der Waals surface area contributed by atoms with Gasteiger partial charge in [0.25, 0.3) is 0 Å². The second-order valence-electron chi connectivity index (χ2n) is 3.32. The standard InChI is InChI=1S/C11H15NO3/c1-8(12-11(14)7-15-2)9-4-3-5-10(13)6-9/h3-6,8,13H,7H2,1-2H3,(H,12,14). The first-order valence-corrected chi connectivity index (χ1v) is 4.70. The molecule has 1 rings (SSSR count). The van der Waals surface area contributed by atoms with E-state index in [1.807, 2.05) is 13.0 Å². The summed E-state index contributed by atoms with van der Waals surface area (Å²) in [7, 11) is 1.47. The van der Waals surface area contributed by atoms with Crippen LogP contribution in [-0.4, -0.2) is 24.7 Å². The minimum Gasteiger partial charge on any atom is -0.508 e. The van der Waals surface area contributed by atoms with Crippen molar-refractivity contribution in [1.82, 2.24) is 5.32 Å². The highest BCUT2D eigenvalue weighted by Crippen LogP contribution is 2.17. The molecule has 82 valence electrons. The van der Waals surface area contributed by atoms with Crippen molar-refractivity contribution in [2.75, 3.05) is 13.7 Å². The second-order valence-corrected chi connectivity index (χ2v) is 3.32. The molecule has 2 N–H and O–H groups in total. The molecule has 0 aromatic heterocycles. The Morgan fingerprint density at radius 1 is 1.60 bits per heavy atom. The Hall–Kier alpha value is -1.55. The summed E-state index contributed by atoms with van der Waals surface area (Å²) in [6.45, 7) is 1.89. The lowest BCUT2D eigenvalue weighted by Gasteiger charge is -2.14. The zero-order chi connectivity index (χ0) is 11.3. The lowest BCUT2D eigenvalue weighted by atomic mass is 10.1. The van der Waals surface area contributed by atoms with Crippen LogP contribution in [-0.2, 0) is 9.53 Å². The molecule has 0 aliphatic heterocycles. The first-order chi connectivity index (χ1) is 7.13. The molecule has 1 atom stereocenters. The molecule has 1 aromatic rings. The minimum atomic E-state index is -0.173. The summed E-state index contributed by atoms with van der Waals surface area (Å²) in [5, 5.41) is 12.0. The van der Waals surface area contributed by atoms with Gasteiger partial charge >= 0.3 is 0 Å². The Bertz CT molecular complexity index is 338. The van der Waals surface area contributed by atoms with Crippen molar-refractivity contribution in [2.24, 2.45) is 0 Å². The van der Waals surface area contributed by atoms with E-state index in [9.17, 15) is 9.90 Å². The van der Waals surface area contributed by atoms with E-state index in [0.29, 0.717) is 0 Å². The molecule has 4 nitrogen and oxygen atoms in total. The number of hydrogen-bond acceptors (Lipinski definition) is 3. The van der Waals surface area contributed by atoms with E-state index in [4.69, 9.17) is 4.74 Å². The van der Waals surface area contributed by atoms with Gasteiger partial charge in [-0.05, 0) is 24.6 Å². The van der Waals surface area contributed by atoms with Crippen molar-refractivity contribution >= 4 is 5.91 Å². The molecule has 1 unspecified atom stereocenters. The zero-order valence-electron chi connectivity index (χ0n) is 8.86. The van der Waals surface area contributed by atoms with Crippen molar-refractivity contribution in [1.29, 1.82) is 0 Å². The Morgan fingerprint density at radius 3 is 2.93 bits per heavy atom. The van der Waals surface area contributed by atoms with Gasteiger partial charge in [-0.2, -0.15) is 0 Å². The molecule has 4 heteroatoms. The molecule has 0 fully saturated rings. The van der Waals surface area contributed by atoms with Crippen LogP contribution in [0.5, 0.6) is 5.75 Å². The van der Waals surface area contributed by atoms with E-state index in [1.54, 1.807) is 18.2 Å². The monoisotopic (exact) mass is 209 g/mol. The average Bonchev–Trinajstić information content (AvgIpc) is 2.18. The fraction of sp³-hybridized carbons (Fsp3) is 0.364. The minimum absolute atomic E-state index is 0.0448. The summed E-state index contributed by atoms with van der Waals surface area (Å²) in [5.41, 5.74) is 0.861. The van der Waals surface area contributed by atoms with E-state index < -0.39 is 0 Å². The number of rotatable bonds is 4. The molecule has 0 saturated carbocycles. The fourth-order valence-corrected chi connectivity index (χ4v) is 1.29. The summed E-state index contributed by atoms with van der Waals surface area (Å²) >= 11 is 0. The molecule has 0 spiro atoms. The molecular formula is C11H15NO3. The summed E-state index contributed by atoms with van der Waals surface area (Å²) in [5.74, 6) is 0.0219. The highest BCUT2D eigenvalue weighted by atomic mass is 16.5. The van der Waals surface area contributed by atoms with Gasteiger partial charge in [-0.15, -0.1) is 0 Å². The largest absolute Gasteiger partial charge is 0.508 e. The van der Waals surface area contributed by atoms with Crippen LogP contribution in [0.2, 0.25) is 0 Å². The Balaban J connectivity index is 2.60. The number of nitrogens with one attached hydrogen (secondary N) is 1. The SMILES string of the molecule is COCC(=O)NC(C)c1cccc(O)c1. The Kier molecular flexibility index (Phi) is 4.12. The molecule has 0 aliphatic rings. The first kappa shape index (κ1) is 11.5. The van der Waals surface area contributed by atoms with Gasteiger partial charge in [0.2, 0.25) is 5.91 Å². The van der Waals surface area contributed by atoms with E-state index in [1.165, 1.54) is 7.11 Å². The van der Waals surface area contributed by atoms with Crippen molar-refractivity contribution in [2.45, 2.75) is 13.0 Å². The van der Waals surface area contributed by atoms with Gasteiger partial charge in [-0.25, -0.2) is 0 Å². The number of hydrogen-bond donors (Lipinski definition) is 2. The molecule has 1 aromatic carbocycles. The highest BCUT2D eigenvalue weighted by Gasteiger charge is 2.09. The predicted octanol–water partition coefficient (Wildman–Crippen LogP) is 1.22. The lowest BCUT2D eigenvalue weighted by Crippen LogP contribution is -2.29. The molecule has 0 bridgehead atoms. The van der Waals surface area contributed by atoms with Gasteiger partial charge < -0.3 is 15.2 Å². The van der Waals surface area contributed by atoms with Crippen molar-refractivity contribution in [3.8, 4) is 5.75 Å². The summed E-state index contributed by atoms with van der Waals surface area (Å²) in [6, 6.07) is 6.66. The average molecular weight is 209 g/mol. The molecule has 0 heterocycles. The number of phenols is 1. The molecule has 0 aliphatic carbocycles. The number of carbonyl (C=O) groups is 1. The number of aromatic hydroxyl groups is 1. The van der Waals surface area contributed by atoms with E-state index in [2.05, 4.69) is 5.32 Å². The Morgan fingerprint density at radius 2 is 2.33 bits per heavy atom. The van der Waals surface area contributed by atoms with Crippen LogP contribution in [0.4, 0.5) is 0 Å². The summed E-state index contributed by atoms with van der Waals surface area (Å²) < 4.78 is 4.70. The van der Waals surface area contributed by atoms with Crippen molar-refractivity contribution in [3.63, 3.8) is 0 Å². The van der Waals surface area contributed by atoms with Crippen LogP contribution >= 0.6 is 0 Å². The van der Waals surface area contributed by atoms with Gasteiger partial charge in [0.1, 0.15) is 12.4 Å². The predicted molar refractivity (Wildman–Crippen MR) is 56.5 cm³/mol. The maximum absolute atomic E-state index is 11.2. The molecular weight excluding hydrogens is 194 g/mol. The van der Waals surface area contributed by atoms with Crippen LogP contribution in [0.3, 0.4) is 0 Å². The van der Waals surface area contributed by atoms with Gasteiger partial charge in [-0.3, -0.25) is 4.79 Å². The normalized spacial score (nSPS) is 12.1. The summed E-state index contributed by atoms with van der Waals surface area (Å²) in [6.07, 6.45) is 0. The molecule has 1 amide bonds. The number of methoxy groups -OCH3 is 1. The van der Waals surface area contributed by atoms with Gasteiger partial charge in [0.15, 0.2) is 0 Å². The van der Waals surface area contributed by atoms with Crippen LogP contribution in [0, 0.1) is 0 Å². The number of ether oxygens (including phenoxy) is 1. The van der Waals surface area contributed by atoms with Crippen LogP contribution in [0.1, 0.15) is 18.5 Å². The maximum atomic E-state index is 11.2. The van der Waals surface area contributed by atoms with Gasteiger partial charge in [0, 0.05) is 7.11 Å². The zero-order valence-corrected chi connectivity index (χ0v) is 8.86. The van der Waals surface area contributed by atoms with E-state index >= 15 is 0 Å². The fourth-order valence-electron chi connectivity index (χ4n) is 1.29. The lowest BCUT2D eigenvalue weighted by molar-refractivity contribution is -0.125. The number of amides is 1.